The summed E-state index contributed by atoms with van der Waals surface area (Å²) in [5, 5.41) is 5.84. The largest absolute Gasteiger partial charge is 0.416 e. The molecule has 2 aliphatic rings. The highest BCUT2D eigenvalue weighted by Gasteiger charge is 2.44. The third-order valence-electron chi connectivity index (χ3n) is 5.53. The smallest absolute Gasteiger partial charge is 0.381 e. The van der Waals surface area contributed by atoms with Gasteiger partial charge in [-0.05, 0) is 57.0 Å². The number of amides is 1. The summed E-state index contributed by atoms with van der Waals surface area (Å²) in [6, 6.07) is 8.41. The molecule has 30 heavy (non-hydrogen) atoms. The van der Waals surface area contributed by atoms with Crippen molar-refractivity contribution in [1.82, 2.24) is 4.98 Å². The van der Waals surface area contributed by atoms with E-state index in [4.69, 9.17) is 4.74 Å². The molecule has 0 spiro atoms. The topological polar surface area (TPSA) is 66.5 Å². The number of alkyl halides is 3. The van der Waals surface area contributed by atoms with Crippen molar-refractivity contribution in [3.63, 3.8) is 0 Å². The SMILES string of the molecule is CC1(C)C(=O)Nc2ccc(Nc3cccc(C(F)(F)F)c3)nc2N1C1CCOCC1. The van der Waals surface area contributed by atoms with Crippen LogP contribution in [0, 0.1) is 0 Å². The molecule has 0 radical (unpaired) electrons. The van der Waals surface area contributed by atoms with Crippen LogP contribution in [0.2, 0.25) is 0 Å². The summed E-state index contributed by atoms with van der Waals surface area (Å²) >= 11 is 0. The molecule has 1 saturated heterocycles. The number of halogens is 3. The van der Waals surface area contributed by atoms with E-state index in [0.717, 1.165) is 25.0 Å². The number of fused-ring (bicyclic) bond motifs is 1. The second kappa shape index (κ2) is 7.46. The Balaban J connectivity index is 1.69. The predicted molar refractivity (Wildman–Crippen MR) is 108 cm³/mol. The zero-order chi connectivity index (χ0) is 21.5. The Morgan fingerprint density at radius 3 is 2.63 bits per heavy atom. The van der Waals surface area contributed by atoms with Crippen LogP contribution >= 0.6 is 0 Å². The van der Waals surface area contributed by atoms with Crippen molar-refractivity contribution in [1.29, 1.82) is 0 Å². The highest BCUT2D eigenvalue weighted by Crippen LogP contribution is 2.40. The normalized spacial score (nSPS) is 19.2. The van der Waals surface area contributed by atoms with Crippen molar-refractivity contribution >= 4 is 28.9 Å². The standard InChI is InChI=1S/C21H23F3N4O2/c1-20(2)19(29)26-16-6-7-17(25-14-5-3-4-13(12-14)21(22,23)24)27-18(16)28(20)15-8-10-30-11-9-15/h3-7,12,15H,8-11H2,1-2H3,(H,25,27)(H,26,29). The van der Waals surface area contributed by atoms with Gasteiger partial charge in [0.15, 0.2) is 5.82 Å². The Labute approximate surface area is 172 Å². The molecule has 1 aromatic heterocycles. The van der Waals surface area contributed by atoms with Crippen LogP contribution in [0.4, 0.5) is 36.2 Å². The Bertz CT molecular complexity index is 956. The van der Waals surface area contributed by atoms with Crippen molar-refractivity contribution < 1.29 is 22.7 Å². The number of anilines is 4. The third kappa shape index (κ3) is 3.81. The van der Waals surface area contributed by atoms with E-state index in [9.17, 15) is 18.0 Å². The summed E-state index contributed by atoms with van der Waals surface area (Å²) in [5.74, 6) is 0.877. The van der Waals surface area contributed by atoms with Gasteiger partial charge < -0.3 is 20.3 Å². The van der Waals surface area contributed by atoms with Crippen molar-refractivity contribution in [3.8, 4) is 0 Å². The lowest BCUT2D eigenvalue weighted by Crippen LogP contribution is -2.61. The lowest BCUT2D eigenvalue weighted by molar-refractivity contribution is -0.137. The van der Waals surface area contributed by atoms with Gasteiger partial charge in [0.25, 0.3) is 0 Å². The van der Waals surface area contributed by atoms with Crippen LogP contribution in [0.3, 0.4) is 0 Å². The maximum Gasteiger partial charge on any atom is 0.416 e. The number of hydrogen-bond acceptors (Lipinski definition) is 5. The van der Waals surface area contributed by atoms with Gasteiger partial charge in [0.05, 0.1) is 11.3 Å². The van der Waals surface area contributed by atoms with E-state index in [1.165, 1.54) is 6.07 Å². The van der Waals surface area contributed by atoms with Crippen LogP contribution in [0.25, 0.3) is 0 Å². The Morgan fingerprint density at radius 1 is 1.20 bits per heavy atom. The molecular weight excluding hydrogens is 397 g/mol. The summed E-state index contributed by atoms with van der Waals surface area (Å²) in [5.41, 5.74) is -0.686. The monoisotopic (exact) mass is 420 g/mol. The molecule has 0 aliphatic carbocycles. The predicted octanol–water partition coefficient (Wildman–Crippen LogP) is 4.56. The number of benzene rings is 1. The maximum absolute atomic E-state index is 13.0. The number of hydrogen-bond donors (Lipinski definition) is 2. The quantitative estimate of drug-likeness (QED) is 0.762. The Morgan fingerprint density at radius 2 is 1.93 bits per heavy atom. The van der Waals surface area contributed by atoms with E-state index in [1.54, 1.807) is 18.2 Å². The average Bonchev–Trinajstić information content (AvgIpc) is 2.69. The van der Waals surface area contributed by atoms with E-state index in [2.05, 4.69) is 15.6 Å². The lowest BCUT2D eigenvalue weighted by atomic mass is 9.93. The maximum atomic E-state index is 13.0. The van der Waals surface area contributed by atoms with Crippen molar-refractivity contribution in [2.45, 2.75) is 44.4 Å². The molecule has 0 bridgehead atoms. The molecule has 0 unspecified atom stereocenters. The highest BCUT2D eigenvalue weighted by molar-refractivity contribution is 6.05. The molecule has 1 amide bonds. The van der Waals surface area contributed by atoms with Crippen molar-refractivity contribution in [3.05, 3.63) is 42.0 Å². The third-order valence-corrected chi connectivity index (χ3v) is 5.53. The minimum absolute atomic E-state index is 0.0786. The minimum atomic E-state index is -4.42. The first-order chi connectivity index (χ1) is 14.2. The second-order valence-corrected chi connectivity index (χ2v) is 8.00. The molecule has 2 aromatic rings. The number of carbonyl (C=O) groups excluding carboxylic acids is 1. The lowest BCUT2D eigenvalue weighted by Gasteiger charge is -2.48. The van der Waals surface area contributed by atoms with Gasteiger partial charge >= 0.3 is 6.18 Å². The minimum Gasteiger partial charge on any atom is -0.381 e. The summed E-state index contributed by atoms with van der Waals surface area (Å²) < 4.78 is 44.5. The van der Waals surface area contributed by atoms with E-state index in [-0.39, 0.29) is 17.6 Å². The number of rotatable bonds is 3. The van der Waals surface area contributed by atoms with E-state index in [1.807, 2.05) is 18.7 Å². The Kier molecular flexibility index (Phi) is 5.09. The van der Waals surface area contributed by atoms with Gasteiger partial charge in [-0.1, -0.05) is 6.07 Å². The van der Waals surface area contributed by atoms with Gasteiger partial charge in [-0.25, -0.2) is 4.98 Å². The van der Waals surface area contributed by atoms with Gasteiger partial charge in [-0.3, -0.25) is 4.79 Å². The van der Waals surface area contributed by atoms with E-state index in [0.29, 0.717) is 30.5 Å². The van der Waals surface area contributed by atoms with Crippen LogP contribution in [0.5, 0.6) is 0 Å². The number of aromatic nitrogens is 1. The van der Waals surface area contributed by atoms with Gasteiger partial charge in [-0.15, -0.1) is 0 Å². The van der Waals surface area contributed by atoms with Crippen molar-refractivity contribution in [2.24, 2.45) is 0 Å². The first kappa shape index (κ1) is 20.5. The summed E-state index contributed by atoms with van der Waals surface area (Å²) in [4.78, 5) is 19.4. The van der Waals surface area contributed by atoms with Gasteiger partial charge in [0, 0.05) is 24.9 Å². The fourth-order valence-electron chi connectivity index (χ4n) is 3.94. The molecule has 2 aliphatic heterocycles. The second-order valence-electron chi connectivity index (χ2n) is 8.00. The fourth-order valence-corrected chi connectivity index (χ4v) is 3.94. The van der Waals surface area contributed by atoms with E-state index < -0.39 is 17.3 Å². The molecular formula is C21H23F3N4O2. The zero-order valence-corrected chi connectivity index (χ0v) is 16.7. The average molecular weight is 420 g/mol. The first-order valence-electron chi connectivity index (χ1n) is 9.80. The molecule has 4 rings (SSSR count). The molecule has 0 atom stereocenters. The molecule has 9 heteroatoms. The van der Waals surface area contributed by atoms with Gasteiger partial charge in [-0.2, -0.15) is 13.2 Å². The zero-order valence-electron chi connectivity index (χ0n) is 16.7. The van der Waals surface area contributed by atoms with Crippen LogP contribution in [0.15, 0.2) is 36.4 Å². The van der Waals surface area contributed by atoms with Gasteiger partial charge in [0.1, 0.15) is 11.4 Å². The summed E-state index contributed by atoms with van der Waals surface area (Å²) in [6.07, 6.45) is -2.89. The van der Waals surface area contributed by atoms with Crippen LogP contribution in [-0.2, 0) is 15.7 Å². The van der Waals surface area contributed by atoms with Gasteiger partial charge in [0.2, 0.25) is 5.91 Å². The molecule has 1 aromatic carbocycles. The fraction of sp³-hybridized carbons (Fsp3) is 0.429. The van der Waals surface area contributed by atoms with Crippen LogP contribution in [-0.4, -0.2) is 35.7 Å². The van der Waals surface area contributed by atoms with Crippen LogP contribution < -0.4 is 15.5 Å². The Hall–Kier alpha value is -2.81. The summed E-state index contributed by atoms with van der Waals surface area (Å²) in [6.45, 7) is 4.90. The first-order valence-corrected chi connectivity index (χ1v) is 9.80. The summed E-state index contributed by atoms with van der Waals surface area (Å²) in [7, 11) is 0. The number of nitrogens with zero attached hydrogens (tertiary/aromatic N) is 2. The molecule has 6 nitrogen and oxygen atoms in total. The highest BCUT2D eigenvalue weighted by atomic mass is 19.4. The number of nitrogens with one attached hydrogen (secondary N) is 2. The molecule has 1 fully saturated rings. The molecule has 160 valence electrons. The number of pyridine rings is 1. The van der Waals surface area contributed by atoms with Crippen molar-refractivity contribution in [2.75, 3.05) is 28.7 Å². The number of ether oxygens (including phenoxy) is 1. The van der Waals surface area contributed by atoms with Crippen LogP contribution in [0.1, 0.15) is 32.3 Å². The van der Waals surface area contributed by atoms with E-state index >= 15 is 0 Å². The molecule has 0 saturated carbocycles. The number of carbonyl (C=O) groups is 1. The molecule has 3 heterocycles. The molecule has 2 N–H and O–H groups in total.